The summed E-state index contributed by atoms with van der Waals surface area (Å²) in [6.07, 6.45) is 1.55. The first kappa shape index (κ1) is 18.2. The SMILES string of the molecule is Cc1cc(C)n(C)c(=O)c1C(=O)N1CCC[C@@H]1c1nc(-c2ccccc2)no1. The van der Waals surface area contributed by atoms with Crippen LogP contribution in [0.15, 0.2) is 45.7 Å². The number of nitrogens with zero attached hydrogens (tertiary/aromatic N) is 4. The van der Waals surface area contributed by atoms with Gasteiger partial charge in [0.25, 0.3) is 11.5 Å². The minimum Gasteiger partial charge on any atom is -0.337 e. The minimum absolute atomic E-state index is 0.211. The maximum atomic E-state index is 13.2. The van der Waals surface area contributed by atoms with Crippen LogP contribution < -0.4 is 5.56 Å². The van der Waals surface area contributed by atoms with Crippen molar-refractivity contribution >= 4 is 5.91 Å². The average molecular weight is 378 g/mol. The van der Waals surface area contributed by atoms with E-state index < -0.39 is 0 Å². The molecule has 0 radical (unpaired) electrons. The van der Waals surface area contributed by atoms with Crippen molar-refractivity contribution in [2.24, 2.45) is 7.05 Å². The molecule has 4 rings (SSSR count). The lowest BCUT2D eigenvalue weighted by Gasteiger charge is -2.23. The molecule has 0 aliphatic carbocycles. The van der Waals surface area contributed by atoms with Gasteiger partial charge >= 0.3 is 0 Å². The van der Waals surface area contributed by atoms with Gasteiger partial charge in [0.1, 0.15) is 11.6 Å². The Balaban J connectivity index is 1.67. The van der Waals surface area contributed by atoms with Crippen LogP contribution >= 0.6 is 0 Å². The molecule has 3 heterocycles. The Kier molecular flexibility index (Phi) is 4.58. The number of rotatable bonds is 3. The number of likely N-dealkylation sites (tertiary alicyclic amines) is 1. The molecule has 0 unspecified atom stereocenters. The van der Waals surface area contributed by atoms with Crippen LogP contribution in [-0.2, 0) is 7.05 Å². The standard InChI is InChI=1S/C21H22N4O3/c1-13-12-14(2)24(3)20(26)17(13)21(27)25-11-7-10-16(25)19-22-18(23-28-19)15-8-5-4-6-9-15/h4-6,8-9,12,16H,7,10-11H2,1-3H3/t16-/m1/s1. The summed E-state index contributed by atoms with van der Waals surface area (Å²) in [6, 6.07) is 11.1. The summed E-state index contributed by atoms with van der Waals surface area (Å²) in [6.45, 7) is 4.21. The zero-order valence-electron chi connectivity index (χ0n) is 16.2. The Bertz CT molecular complexity index is 1080. The van der Waals surface area contributed by atoms with Gasteiger partial charge in [0.15, 0.2) is 0 Å². The van der Waals surface area contributed by atoms with Crippen molar-refractivity contribution in [2.75, 3.05) is 6.54 Å². The third-order valence-corrected chi connectivity index (χ3v) is 5.35. The predicted octanol–water partition coefficient (Wildman–Crippen LogP) is 3.03. The molecule has 2 aromatic heterocycles. The number of amides is 1. The van der Waals surface area contributed by atoms with Gasteiger partial charge in [0.05, 0.1) is 0 Å². The van der Waals surface area contributed by atoms with E-state index in [0.29, 0.717) is 23.8 Å². The van der Waals surface area contributed by atoms with E-state index in [4.69, 9.17) is 4.52 Å². The smallest absolute Gasteiger partial charge is 0.263 e. The van der Waals surface area contributed by atoms with Gasteiger partial charge in [-0.3, -0.25) is 9.59 Å². The van der Waals surface area contributed by atoms with E-state index in [1.165, 1.54) is 4.57 Å². The molecule has 1 atom stereocenters. The fraction of sp³-hybridized carbons (Fsp3) is 0.333. The lowest BCUT2D eigenvalue weighted by molar-refractivity contribution is 0.0707. The molecule has 1 aliphatic rings. The number of pyridine rings is 1. The molecule has 7 heteroatoms. The highest BCUT2D eigenvalue weighted by atomic mass is 16.5. The summed E-state index contributed by atoms with van der Waals surface area (Å²) < 4.78 is 6.99. The number of carbonyl (C=O) groups is 1. The van der Waals surface area contributed by atoms with E-state index in [1.54, 1.807) is 18.9 Å². The third kappa shape index (κ3) is 3.02. The summed E-state index contributed by atoms with van der Waals surface area (Å²) in [5.41, 5.74) is 2.30. The van der Waals surface area contributed by atoms with Crippen molar-refractivity contribution in [3.05, 3.63) is 69.5 Å². The average Bonchev–Trinajstić information content (AvgIpc) is 3.36. The lowest BCUT2D eigenvalue weighted by atomic mass is 10.1. The first-order valence-electron chi connectivity index (χ1n) is 9.34. The van der Waals surface area contributed by atoms with Gasteiger partial charge in [0, 0.05) is 24.8 Å². The van der Waals surface area contributed by atoms with Gasteiger partial charge in [-0.15, -0.1) is 0 Å². The maximum absolute atomic E-state index is 13.2. The molecular weight excluding hydrogens is 356 g/mol. The van der Waals surface area contributed by atoms with Crippen molar-refractivity contribution < 1.29 is 9.32 Å². The van der Waals surface area contributed by atoms with Gasteiger partial charge < -0.3 is 14.0 Å². The van der Waals surface area contributed by atoms with Crippen molar-refractivity contribution in [2.45, 2.75) is 32.7 Å². The second-order valence-corrected chi connectivity index (χ2v) is 7.19. The molecule has 144 valence electrons. The largest absolute Gasteiger partial charge is 0.337 e. The van der Waals surface area contributed by atoms with Crippen molar-refractivity contribution in [3.8, 4) is 11.4 Å². The Morgan fingerprint density at radius 2 is 1.96 bits per heavy atom. The molecule has 1 saturated heterocycles. The molecule has 28 heavy (non-hydrogen) atoms. The third-order valence-electron chi connectivity index (χ3n) is 5.35. The Hall–Kier alpha value is -3.22. The fourth-order valence-corrected chi connectivity index (χ4v) is 3.72. The van der Waals surface area contributed by atoms with Gasteiger partial charge in [-0.25, -0.2) is 0 Å². The van der Waals surface area contributed by atoms with Crippen LogP contribution in [0, 0.1) is 13.8 Å². The summed E-state index contributed by atoms with van der Waals surface area (Å²) in [7, 11) is 1.68. The molecule has 1 aromatic carbocycles. The number of benzene rings is 1. The molecule has 0 spiro atoms. The predicted molar refractivity (Wildman–Crippen MR) is 104 cm³/mol. The highest BCUT2D eigenvalue weighted by molar-refractivity contribution is 5.95. The maximum Gasteiger partial charge on any atom is 0.263 e. The number of hydrogen-bond donors (Lipinski definition) is 0. The van der Waals surface area contributed by atoms with E-state index in [-0.39, 0.29) is 23.1 Å². The number of hydrogen-bond acceptors (Lipinski definition) is 5. The van der Waals surface area contributed by atoms with Crippen LogP contribution in [0.2, 0.25) is 0 Å². The second kappa shape index (κ2) is 7.07. The van der Waals surface area contributed by atoms with E-state index in [9.17, 15) is 9.59 Å². The monoisotopic (exact) mass is 378 g/mol. The summed E-state index contributed by atoms with van der Waals surface area (Å²) in [4.78, 5) is 32.1. The van der Waals surface area contributed by atoms with Crippen LogP contribution in [0.25, 0.3) is 11.4 Å². The Morgan fingerprint density at radius 3 is 2.71 bits per heavy atom. The minimum atomic E-state index is -0.317. The summed E-state index contributed by atoms with van der Waals surface area (Å²) in [5, 5.41) is 4.07. The molecule has 7 nitrogen and oxygen atoms in total. The molecule has 0 N–H and O–H groups in total. The topological polar surface area (TPSA) is 81.2 Å². The quantitative estimate of drug-likeness (QED) is 0.700. The Labute approximate surface area is 162 Å². The number of aromatic nitrogens is 3. The van der Waals surface area contributed by atoms with E-state index in [1.807, 2.05) is 43.3 Å². The molecule has 1 aliphatic heterocycles. The van der Waals surface area contributed by atoms with Gasteiger partial charge in [-0.2, -0.15) is 4.98 Å². The van der Waals surface area contributed by atoms with Gasteiger partial charge in [-0.1, -0.05) is 35.5 Å². The molecule has 1 amide bonds. The van der Waals surface area contributed by atoms with Crippen LogP contribution in [0.3, 0.4) is 0 Å². The first-order chi connectivity index (χ1) is 13.5. The van der Waals surface area contributed by atoms with Gasteiger partial charge in [-0.05, 0) is 38.3 Å². The summed E-state index contributed by atoms with van der Waals surface area (Å²) >= 11 is 0. The normalized spacial score (nSPS) is 16.5. The van der Waals surface area contributed by atoms with E-state index in [2.05, 4.69) is 10.1 Å². The van der Waals surface area contributed by atoms with Crippen LogP contribution in [0.5, 0.6) is 0 Å². The van der Waals surface area contributed by atoms with Crippen molar-refractivity contribution in [1.82, 2.24) is 19.6 Å². The van der Waals surface area contributed by atoms with E-state index >= 15 is 0 Å². The van der Waals surface area contributed by atoms with E-state index in [0.717, 1.165) is 24.1 Å². The van der Waals surface area contributed by atoms with Crippen molar-refractivity contribution in [3.63, 3.8) is 0 Å². The highest BCUT2D eigenvalue weighted by Crippen LogP contribution is 2.33. The molecule has 1 fully saturated rings. The van der Waals surface area contributed by atoms with Crippen LogP contribution in [0.4, 0.5) is 0 Å². The summed E-state index contributed by atoms with van der Waals surface area (Å²) in [5.74, 6) is 0.628. The highest BCUT2D eigenvalue weighted by Gasteiger charge is 2.36. The molecule has 0 saturated carbocycles. The lowest BCUT2D eigenvalue weighted by Crippen LogP contribution is -2.37. The number of aryl methyl sites for hydroxylation is 2. The first-order valence-corrected chi connectivity index (χ1v) is 9.34. The molecular formula is C21H22N4O3. The Morgan fingerprint density at radius 1 is 1.21 bits per heavy atom. The molecule has 0 bridgehead atoms. The van der Waals surface area contributed by atoms with Gasteiger partial charge in [0.2, 0.25) is 11.7 Å². The van der Waals surface area contributed by atoms with Crippen LogP contribution in [0.1, 0.15) is 46.4 Å². The number of carbonyl (C=O) groups excluding carboxylic acids is 1. The molecule has 3 aromatic rings. The van der Waals surface area contributed by atoms with Crippen molar-refractivity contribution in [1.29, 1.82) is 0 Å². The fourth-order valence-electron chi connectivity index (χ4n) is 3.72. The second-order valence-electron chi connectivity index (χ2n) is 7.19. The zero-order chi connectivity index (χ0) is 19.8. The zero-order valence-corrected chi connectivity index (χ0v) is 16.2. The van der Waals surface area contributed by atoms with Crippen LogP contribution in [-0.4, -0.2) is 32.1 Å².